The van der Waals surface area contributed by atoms with Crippen LogP contribution in [0.15, 0.2) is 58.5 Å². The van der Waals surface area contributed by atoms with Gasteiger partial charge in [-0.1, -0.05) is 41.5 Å². The molecule has 29 heavy (non-hydrogen) atoms. The van der Waals surface area contributed by atoms with Gasteiger partial charge in [0.25, 0.3) is 0 Å². The van der Waals surface area contributed by atoms with Crippen molar-refractivity contribution in [2.24, 2.45) is 5.92 Å². The van der Waals surface area contributed by atoms with Gasteiger partial charge < -0.3 is 4.74 Å². The normalized spacial score (nSPS) is 29.7. The summed E-state index contributed by atoms with van der Waals surface area (Å²) >= 11 is 0. The van der Waals surface area contributed by atoms with Crippen LogP contribution in [0.1, 0.15) is 72.1 Å². The van der Waals surface area contributed by atoms with Crippen molar-refractivity contribution in [1.29, 1.82) is 0 Å². The van der Waals surface area contributed by atoms with Crippen LogP contribution in [0, 0.1) is 5.92 Å². The molecular weight excluding hydrogens is 380 g/mol. The minimum atomic E-state index is -3.54. The lowest BCUT2D eigenvalue weighted by atomic mass is 9.60. The SMILES string of the molecule is COC12CCC(CC1)C[C@]2(C/C=C(\C)CCC=C(C)C)S(=O)(=O)c1ccccc1. The van der Waals surface area contributed by atoms with Gasteiger partial charge in [0.15, 0.2) is 9.84 Å². The second-order valence-electron chi connectivity index (χ2n) is 9.23. The summed E-state index contributed by atoms with van der Waals surface area (Å²) in [5.41, 5.74) is 1.99. The van der Waals surface area contributed by atoms with Gasteiger partial charge in [-0.05, 0) is 90.2 Å². The first kappa shape index (κ1) is 22.3. The van der Waals surface area contributed by atoms with Gasteiger partial charge in [-0.15, -0.1) is 0 Å². The van der Waals surface area contributed by atoms with E-state index in [1.807, 2.05) is 18.2 Å². The molecule has 3 aliphatic rings. The highest BCUT2D eigenvalue weighted by Crippen LogP contribution is 2.58. The lowest BCUT2D eigenvalue weighted by molar-refractivity contribution is -0.116. The standard InChI is InChI=1S/C25H36O3S/c1-20(2)9-8-10-21(3)13-18-25(29(26,27)23-11-6-5-7-12-23)19-22-14-16-24(25,28-4)17-15-22/h5-7,9,11-13,22H,8,10,14-19H2,1-4H3/b21-13+/t22?,24?,25-/m0/s1. The molecule has 0 heterocycles. The third-order valence-electron chi connectivity index (χ3n) is 7.19. The fraction of sp³-hybridized carbons (Fsp3) is 0.600. The molecule has 0 spiro atoms. The molecule has 0 aromatic heterocycles. The Morgan fingerprint density at radius 2 is 1.76 bits per heavy atom. The topological polar surface area (TPSA) is 43.4 Å². The molecular formula is C25H36O3S. The predicted molar refractivity (Wildman–Crippen MR) is 120 cm³/mol. The molecule has 0 radical (unpaired) electrons. The van der Waals surface area contributed by atoms with Gasteiger partial charge in [0, 0.05) is 7.11 Å². The number of sulfone groups is 1. The molecule has 3 nitrogen and oxygen atoms in total. The Kier molecular flexibility index (Phi) is 6.74. The Balaban J connectivity index is 2.01. The van der Waals surface area contributed by atoms with E-state index < -0.39 is 20.2 Å². The quantitative estimate of drug-likeness (QED) is 0.470. The van der Waals surface area contributed by atoms with Crippen LogP contribution >= 0.6 is 0 Å². The number of hydrogen-bond donors (Lipinski definition) is 0. The summed E-state index contributed by atoms with van der Waals surface area (Å²) in [4.78, 5) is 0.430. The van der Waals surface area contributed by atoms with Crippen molar-refractivity contribution in [2.75, 3.05) is 7.11 Å². The first-order chi connectivity index (χ1) is 13.8. The van der Waals surface area contributed by atoms with Crippen molar-refractivity contribution in [3.63, 3.8) is 0 Å². The van der Waals surface area contributed by atoms with Crippen molar-refractivity contribution in [1.82, 2.24) is 0 Å². The predicted octanol–water partition coefficient (Wildman–Crippen LogP) is 6.26. The number of hydrogen-bond acceptors (Lipinski definition) is 3. The van der Waals surface area contributed by atoms with E-state index in [2.05, 4.69) is 32.9 Å². The molecule has 0 saturated heterocycles. The largest absolute Gasteiger partial charge is 0.377 e. The maximum absolute atomic E-state index is 14.1. The summed E-state index contributed by atoms with van der Waals surface area (Å²) in [5, 5.41) is 0. The number of methoxy groups -OCH3 is 1. The molecule has 1 atom stereocenters. The van der Waals surface area contributed by atoms with Crippen molar-refractivity contribution < 1.29 is 13.2 Å². The highest BCUT2D eigenvalue weighted by Gasteiger charge is 2.64. The van der Waals surface area contributed by atoms with Crippen LogP contribution in [0.5, 0.6) is 0 Å². The Morgan fingerprint density at radius 3 is 2.34 bits per heavy atom. The van der Waals surface area contributed by atoms with E-state index in [9.17, 15) is 8.42 Å². The van der Waals surface area contributed by atoms with Gasteiger partial charge in [-0.25, -0.2) is 8.42 Å². The molecule has 3 fully saturated rings. The number of rotatable bonds is 8. The number of allylic oxidation sites excluding steroid dienone is 4. The minimum Gasteiger partial charge on any atom is -0.377 e. The smallest absolute Gasteiger partial charge is 0.187 e. The number of fused-ring (bicyclic) bond motifs is 3. The lowest BCUT2D eigenvalue weighted by Crippen LogP contribution is -2.65. The molecule has 160 valence electrons. The summed E-state index contributed by atoms with van der Waals surface area (Å²) in [5.74, 6) is 0.477. The Bertz CT molecular complexity index is 855. The number of ether oxygens (including phenoxy) is 1. The molecule has 1 aromatic carbocycles. The first-order valence-corrected chi connectivity index (χ1v) is 12.4. The fourth-order valence-electron chi connectivity index (χ4n) is 5.43. The molecule has 0 N–H and O–H groups in total. The van der Waals surface area contributed by atoms with Crippen molar-refractivity contribution in [2.45, 2.75) is 87.4 Å². The molecule has 4 heteroatoms. The number of benzene rings is 1. The average molecular weight is 417 g/mol. The zero-order chi connectivity index (χ0) is 21.1. The van der Waals surface area contributed by atoms with Crippen LogP contribution in [0.2, 0.25) is 0 Å². The van der Waals surface area contributed by atoms with E-state index in [0.29, 0.717) is 23.7 Å². The van der Waals surface area contributed by atoms with Crippen LogP contribution in [0.3, 0.4) is 0 Å². The summed E-state index contributed by atoms with van der Waals surface area (Å²) < 4.78 is 33.4. The Labute approximate surface area is 177 Å². The summed E-state index contributed by atoms with van der Waals surface area (Å²) in [6.07, 6.45) is 11.5. The van der Waals surface area contributed by atoms with Crippen molar-refractivity contribution in [3.8, 4) is 0 Å². The second-order valence-corrected chi connectivity index (χ2v) is 11.5. The first-order valence-electron chi connectivity index (χ1n) is 10.9. The zero-order valence-electron chi connectivity index (χ0n) is 18.4. The van der Waals surface area contributed by atoms with Crippen LogP contribution in [-0.4, -0.2) is 25.9 Å². The third kappa shape index (κ3) is 4.11. The maximum Gasteiger partial charge on any atom is 0.187 e. The molecule has 0 unspecified atom stereocenters. The lowest BCUT2D eigenvalue weighted by Gasteiger charge is -2.58. The van der Waals surface area contributed by atoms with E-state index in [4.69, 9.17) is 4.74 Å². The van der Waals surface area contributed by atoms with Gasteiger partial charge >= 0.3 is 0 Å². The zero-order valence-corrected chi connectivity index (χ0v) is 19.2. The fourth-order valence-corrected chi connectivity index (χ4v) is 7.94. The monoisotopic (exact) mass is 416 g/mol. The Hall–Kier alpha value is -1.39. The van der Waals surface area contributed by atoms with Gasteiger partial charge in [0.1, 0.15) is 4.75 Å². The molecule has 0 aliphatic heterocycles. The van der Waals surface area contributed by atoms with E-state index in [1.165, 1.54) is 11.1 Å². The van der Waals surface area contributed by atoms with Crippen molar-refractivity contribution in [3.05, 3.63) is 53.6 Å². The second kappa shape index (κ2) is 8.77. The van der Waals surface area contributed by atoms with E-state index >= 15 is 0 Å². The van der Waals surface area contributed by atoms with Gasteiger partial charge in [0.05, 0.1) is 10.5 Å². The molecule has 3 saturated carbocycles. The van der Waals surface area contributed by atoms with E-state index in [1.54, 1.807) is 19.2 Å². The average Bonchev–Trinajstić information content (AvgIpc) is 2.73. The van der Waals surface area contributed by atoms with E-state index in [-0.39, 0.29) is 0 Å². The minimum absolute atomic E-state index is 0.430. The van der Waals surface area contributed by atoms with E-state index in [0.717, 1.165) is 38.5 Å². The van der Waals surface area contributed by atoms with Gasteiger partial charge in [-0.2, -0.15) is 0 Å². The molecule has 1 aromatic rings. The van der Waals surface area contributed by atoms with Crippen LogP contribution in [-0.2, 0) is 14.6 Å². The molecule has 0 amide bonds. The van der Waals surface area contributed by atoms with Gasteiger partial charge in [0.2, 0.25) is 0 Å². The molecule has 3 aliphatic carbocycles. The Morgan fingerprint density at radius 1 is 1.10 bits per heavy atom. The highest BCUT2D eigenvalue weighted by molar-refractivity contribution is 7.93. The van der Waals surface area contributed by atoms with Crippen LogP contribution < -0.4 is 0 Å². The van der Waals surface area contributed by atoms with Crippen LogP contribution in [0.25, 0.3) is 0 Å². The van der Waals surface area contributed by atoms with Crippen molar-refractivity contribution >= 4 is 9.84 Å². The maximum atomic E-state index is 14.1. The summed E-state index contributed by atoms with van der Waals surface area (Å²) in [7, 11) is -1.82. The van der Waals surface area contributed by atoms with Gasteiger partial charge in [-0.3, -0.25) is 0 Å². The molecule has 2 bridgehead atoms. The third-order valence-corrected chi connectivity index (χ3v) is 9.82. The highest BCUT2D eigenvalue weighted by atomic mass is 32.2. The summed E-state index contributed by atoms with van der Waals surface area (Å²) in [6, 6.07) is 9.00. The van der Waals surface area contributed by atoms with Crippen LogP contribution in [0.4, 0.5) is 0 Å². The molecule has 4 rings (SSSR count). The summed E-state index contributed by atoms with van der Waals surface area (Å²) in [6.45, 7) is 6.35.